The van der Waals surface area contributed by atoms with Gasteiger partial charge in [0.1, 0.15) is 5.69 Å². The fourth-order valence-corrected chi connectivity index (χ4v) is 4.89. The van der Waals surface area contributed by atoms with Crippen LogP contribution in [0.3, 0.4) is 0 Å². The zero-order chi connectivity index (χ0) is 20.0. The Morgan fingerprint density at radius 1 is 1.07 bits per heavy atom. The molecule has 1 saturated heterocycles. The molecule has 1 fully saturated rings. The number of nitrogens with zero attached hydrogens (tertiary/aromatic N) is 6. The summed E-state index contributed by atoms with van der Waals surface area (Å²) in [6, 6.07) is 9.78. The van der Waals surface area contributed by atoms with Crippen molar-refractivity contribution in [3.63, 3.8) is 0 Å². The molecule has 2 aliphatic rings. The van der Waals surface area contributed by atoms with Gasteiger partial charge in [-0.2, -0.15) is 5.10 Å². The van der Waals surface area contributed by atoms with Gasteiger partial charge in [0, 0.05) is 45.8 Å². The number of hydrogen-bond acceptors (Lipinski definition) is 6. The highest BCUT2D eigenvalue weighted by Crippen LogP contribution is 2.29. The minimum atomic E-state index is -0.103. The van der Waals surface area contributed by atoms with Crippen molar-refractivity contribution in [1.29, 1.82) is 0 Å². The maximum Gasteiger partial charge on any atom is 0.274 e. The van der Waals surface area contributed by atoms with Gasteiger partial charge in [-0.1, -0.05) is 23.5 Å². The Labute approximate surface area is 172 Å². The van der Waals surface area contributed by atoms with E-state index >= 15 is 0 Å². The lowest BCUT2D eigenvalue weighted by atomic mass is 10.2. The second-order valence-electron chi connectivity index (χ2n) is 7.46. The van der Waals surface area contributed by atoms with Crippen molar-refractivity contribution in [2.45, 2.75) is 13.0 Å². The zero-order valence-corrected chi connectivity index (χ0v) is 17.1. The predicted octanol–water partition coefficient (Wildman–Crippen LogP) is 1.93. The van der Waals surface area contributed by atoms with Crippen LogP contribution in [0.15, 0.2) is 30.3 Å². The number of carbonyl (C=O) groups is 2. The maximum atomic E-state index is 13.0. The van der Waals surface area contributed by atoms with Crippen molar-refractivity contribution >= 4 is 38.5 Å². The minimum absolute atomic E-state index is 0.0827. The van der Waals surface area contributed by atoms with Crippen LogP contribution in [0.5, 0.6) is 0 Å². The normalized spacial score (nSPS) is 17.6. The lowest BCUT2D eigenvalue weighted by molar-refractivity contribution is 0.0735. The van der Waals surface area contributed by atoms with E-state index in [4.69, 9.17) is 4.98 Å². The molecule has 3 aromatic rings. The van der Waals surface area contributed by atoms with E-state index in [-0.39, 0.29) is 11.8 Å². The molecule has 0 saturated carbocycles. The Balaban J connectivity index is 1.31. The molecule has 9 heteroatoms. The number of para-hydroxylation sites is 1. The van der Waals surface area contributed by atoms with E-state index in [1.165, 1.54) is 4.70 Å². The van der Waals surface area contributed by atoms with E-state index in [1.807, 2.05) is 23.1 Å². The first-order chi connectivity index (χ1) is 14.1. The molecule has 2 aromatic heterocycles. The topological polar surface area (TPSA) is 74.6 Å². The summed E-state index contributed by atoms with van der Waals surface area (Å²) in [6.07, 6.45) is 0.872. The van der Waals surface area contributed by atoms with E-state index in [1.54, 1.807) is 34.0 Å². The smallest absolute Gasteiger partial charge is 0.274 e. The molecule has 0 spiro atoms. The summed E-state index contributed by atoms with van der Waals surface area (Å²) in [4.78, 5) is 35.8. The molecule has 2 aliphatic heterocycles. The molecule has 2 amide bonds. The number of benzene rings is 1. The summed E-state index contributed by atoms with van der Waals surface area (Å²) in [7, 11) is 1.77. The van der Waals surface area contributed by atoms with E-state index in [0.717, 1.165) is 30.2 Å². The first-order valence-electron chi connectivity index (χ1n) is 9.83. The van der Waals surface area contributed by atoms with Gasteiger partial charge in [0.15, 0.2) is 10.8 Å². The number of fused-ring (bicyclic) bond motifs is 2. The van der Waals surface area contributed by atoms with Crippen LogP contribution in [-0.4, -0.2) is 76.2 Å². The summed E-state index contributed by atoms with van der Waals surface area (Å²) < 4.78 is 2.83. The van der Waals surface area contributed by atoms with Crippen LogP contribution in [0, 0.1) is 0 Å². The van der Waals surface area contributed by atoms with Gasteiger partial charge in [0.05, 0.1) is 16.8 Å². The Morgan fingerprint density at radius 2 is 1.93 bits per heavy atom. The summed E-state index contributed by atoms with van der Waals surface area (Å²) in [6.45, 7) is 4.13. The van der Waals surface area contributed by atoms with Gasteiger partial charge in [-0.05, 0) is 18.6 Å². The Bertz CT molecular complexity index is 1060. The number of thiazole rings is 1. The number of aromatic nitrogens is 3. The van der Waals surface area contributed by atoms with Crippen LogP contribution < -0.4 is 4.90 Å². The van der Waals surface area contributed by atoms with Gasteiger partial charge >= 0.3 is 0 Å². The van der Waals surface area contributed by atoms with E-state index in [0.29, 0.717) is 37.6 Å². The summed E-state index contributed by atoms with van der Waals surface area (Å²) in [5, 5.41) is 5.41. The van der Waals surface area contributed by atoms with Crippen molar-refractivity contribution in [2.75, 3.05) is 44.7 Å². The molecule has 0 bridgehead atoms. The highest BCUT2D eigenvalue weighted by Gasteiger charge is 2.28. The molecule has 0 N–H and O–H groups in total. The Morgan fingerprint density at radius 3 is 2.79 bits per heavy atom. The standard InChI is InChI=1S/C20H22N6O2S/c1-23-9-12-26-16(19(23)28)13-15(22-26)18(27)24-7-4-8-25(11-10-24)20-21-14-5-2-3-6-17(14)29-20/h2-3,5-6,13H,4,7-12H2,1H3. The van der Waals surface area contributed by atoms with Crippen LogP contribution in [0.1, 0.15) is 27.4 Å². The molecule has 1 aromatic carbocycles. The SMILES string of the molecule is CN1CCn2nc(C(=O)N3CCCN(c4nc5ccccc5s4)CC3)cc2C1=O. The van der Waals surface area contributed by atoms with Crippen molar-refractivity contribution in [1.82, 2.24) is 24.6 Å². The van der Waals surface area contributed by atoms with Gasteiger partial charge in [0.25, 0.3) is 11.8 Å². The molecule has 0 aliphatic carbocycles. The van der Waals surface area contributed by atoms with Crippen molar-refractivity contribution in [2.24, 2.45) is 0 Å². The number of carbonyl (C=O) groups excluding carboxylic acids is 2. The minimum Gasteiger partial charge on any atom is -0.346 e. The number of rotatable bonds is 2. The first kappa shape index (κ1) is 18.1. The number of likely N-dealkylation sites (N-methyl/N-ethyl adjacent to an activating group) is 1. The summed E-state index contributed by atoms with van der Waals surface area (Å²) in [5.74, 6) is -0.186. The van der Waals surface area contributed by atoms with Gasteiger partial charge in [-0.3, -0.25) is 14.3 Å². The lowest BCUT2D eigenvalue weighted by Gasteiger charge is -2.22. The molecule has 4 heterocycles. The van der Waals surface area contributed by atoms with Crippen LogP contribution in [0.2, 0.25) is 0 Å². The predicted molar refractivity (Wildman–Crippen MR) is 112 cm³/mol. The molecule has 150 valence electrons. The van der Waals surface area contributed by atoms with Crippen LogP contribution in [0.4, 0.5) is 5.13 Å². The molecule has 8 nitrogen and oxygen atoms in total. The third-order valence-corrected chi connectivity index (χ3v) is 6.65. The van der Waals surface area contributed by atoms with E-state index in [9.17, 15) is 9.59 Å². The average molecular weight is 411 g/mol. The fraction of sp³-hybridized carbons (Fsp3) is 0.400. The van der Waals surface area contributed by atoms with Crippen LogP contribution in [-0.2, 0) is 6.54 Å². The highest BCUT2D eigenvalue weighted by molar-refractivity contribution is 7.22. The number of hydrogen-bond donors (Lipinski definition) is 0. The molecular weight excluding hydrogens is 388 g/mol. The second kappa shape index (κ2) is 7.14. The van der Waals surface area contributed by atoms with Gasteiger partial charge in [0.2, 0.25) is 0 Å². The molecule has 0 radical (unpaired) electrons. The van der Waals surface area contributed by atoms with Gasteiger partial charge in [-0.25, -0.2) is 4.98 Å². The van der Waals surface area contributed by atoms with Crippen LogP contribution >= 0.6 is 11.3 Å². The quantitative estimate of drug-likeness (QED) is 0.645. The molecule has 0 atom stereocenters. The highest BCUT2D eigenvalue weighted by atomic mass is 32.1. The van der Waals surface area contributed by atoms with Gasteiger partial charge < -0.3 is 14.7 Å². The van der Waals surface area contributed by atoms with Crippen molar-refractivity contribution < 1.29 is 9.59 Å². The van der Waals surface area contributed by atoms with Crippen LogP contribution in [0.25, 0.3) is 10.2 Å². The van der Waals surface area contributed by atoms with Crippen molar-refractivity contribution in [3.05, 3.63) is 41.7 Å². The Kier molecular flexibility index (Phi) is 4.46. The number of anilines is 1. The third kappa shape index (κ3) is 3.25. The zero-order valence-electron chi connectivity index (χ0n) is 16.2. The Hall–Kier alpha value is -2.94. The molecule has 5 rings (SSSR count). The van der Waals surface area contributed by atoms with E-state index in [2.05, 4.69) is 16.1 Å². The van der Waals surface area contributed by atoms with E-state index < -0.39 is 0 Å². The number of amides is 2. The fourth-order valence-electron chi connectivity index (χ4n) is 3.87. The molecule has 29 heavy (non-hydrogen) atoms. The first-order valence-corrected chi connectivity index (χ1v) is 10.6. The third-order valence-electron chi connectivity index (χ3n) is 5.55. The summed E-state index contributed by atoms with van der Waals surface area (Å²) in [5.41, 5.74) is 1.87. The molecule has 0 unspecified atom stereocenters. The largest absolute Gasteiger partial charge is 0.346 e. The second-order valence-corrected chi connectivity index (χ2v) is 8.47. The van der Waals surface area contributed by atoms with Crippen molar-refractivity contribution in [3.8, 4) is 0 Å². The monoisotopic (exact) mass is 410 g/mol. The maximum absolute atomic E-state index is 13.0. The average Bonchev–Trinajstić information content (AvgIpc) is 3.28. The lowest BCUT2D eigenvalue weighted by Crippen LogP contribution is -2.37. The molecular formula is C20H22N6O2S. The summed E-state index contributed by atoms with van der Waals surface area (Å²) >= 11 is 1.69. The van der Waals surface area contributed by atoms with Gasteiger partial charge in [-0.15, -0.1) is 0 Å².